The average molecular weight is 419 g/mol. The van der Waals surface area contributed by atoms with E-state index in [0.29, 0.717) is 12.8 Å². The van der Waals surface area contributed by atoms with Crippen molar-refractivity contribution < 1.29 is 24.3 Å². The summed E-state index contributed by atoms with van der Waals surface area (Å²) >= 11 is 3.93. The normalized spacial score (nSPS) is 16.4. The van der Waals surface area contributed by atoms with Crippen molar-refractivity contribution in [3.63, 3.8) is 0 Å². The maximum Gasteiger partial charge on any atom is 0.327 e. The van der Waals surface area contributed by atoms with Crippen LogP contribution < -0.4 is 21.7 Å². The number of nitrogens with two attached hydrogens (primary N) is 1. The van der Waals surface area contributed by atoms with Crippen molar-refractivity contribution in [3.05, 3.63) is 0 Å². The lowest BCUT2D eigenvalue weighted by Gasteiger charge is -2.28. The SMILES string of the molecule is CCC(C)C(NC(=O)C(CC(C)C)NC(=O)C(C)N)C(=O)NC(CS)C(=O)O. The highest BCUT2D eigenvalue weighted by Gasteiger charge is 2.32. The van der Waals surface area contributed by atoms with Crippen molar-refractivity contribution in [1.82, 2.24) is 16.0 Å². The Morgan fingerprint density at radius 3 is 1.86 bits per heavy atom. The third-order valence-electron chi connectivity index (χ3n) is 4.34. The number of carbonyl (C=O) groups is 4. The number of aliphatic carboxylic acids is 1. The summed E-state index contributed by atoms with van der Waals surface area (Å²) in [5.41, 5.74) is 5.56. The fourth-order valence-electron chi connectivity index (χ4n) is 2.41. The van der Waals surface area contributed by atoms with E-state index in [9.17, 15) is 19.2 Å². The van der Waals surface area contributed by atoms with Gasteiger partial charge in [-0.3, -0.25) is 14.4 Å². The van der Waals surface area contributed by atoms with E-state index in [1.165, 1.54) is 6.92 Å². The molecule has 5 unspecified atom stereocenters. The summed E-state index contributed by atoms with van der Waals surface area (Å²) < 4.78 is 0. The quantitative estimate of drug-likeness (QED) is 0.244. The van der Waals surface area contributed by atoms with Gasteiger partial charge < -0.3 is 26.8 Å². The topological polar surface area (TPSA) is 151 Å². The minimum absolute atomic E-state index is 0.0807. The number of hydrogen-bond donors (Lipinski definition) is 6. The summed E-state index contributed by atoms with van der Waals surface area (Å²) in [5.74, 6) is -3.01. The van der Waals surface area contributed by atoms with Crippen molar-refractivity contribution in [2.24, 2.45) is 17.6 Å². The zero-order valence-electron chi connectivity index (χ0n) is 17.2. The van der Waals surface area contributed by atoms with E-state index < -0.39 is 47.9 Å². The first kappa shape index (κ1) is 26.2. The second-order valence-electron chi connectivity index (χ2n) is 7.43. The molecule has 28 heavy (non-hydrogen) atoms. The fraction of sp³-hybridized carbons (Fsp3) is 0.778. The van der Waals surface area contributed by atoms with Gasteiger partial charge in [0.1, 0.15) is 18.1 Å². The molecule has 0 aliphatic rings. The first-order valence-corrected chi connectivity index (χ1v) is 10.1. The molecular weight excluding hydrogens is 384 g/mol. The second-order valence-corrected chi connectivity index (χ2v) is 7.80. The van der Waals surface area contributed by atoms with Gasteiger partial charge in [-0.2, -0.15) is 12.6 Å². The molecular formula is C18H34N4O5S. The molecule has 0 spiro atoms. The van der Waals surface area contributed by atoms with E-state index in [0.717, 1.165) is 0 Å². The molecule has 0 aromatic carbocycles. The van der Waals surface area contributed by atoms with Crippen molar-refractivity contribution in [1.29, 1.82) is 0 Å². The molecule has 6 N–H and O–H groups in total. The Labute approximate surface area is 172 Å². The minimum atomic E-state index is -1.21. The molecule has 0 saturated carbocycles. The summed E-state index contributed by atoms with van der Waals surface area (Å²) in [6.45, 7) is 8.95. The van der Waals surface area contributed by atoms with Crippen LogP contribution in [-0.4, -0.2) is 58.7 Å². The number of carboxylic acids is 1. The van der Waals surface area contributed by atoms with E-state index >= 15 is 0 Å². The number of amides is 3. The Hall–Kier alpha value is -1.81. The van der Waals surface area contributed by atoms with Crippen LogP contribution in [0.5, 0.6) is 0 Å². The first-order chi connectivity index (χ1) is 12.9. The monoisotopic (exact) mass is 418 g/mol. The molecule has 0 aliphatic heterocycles. The number of rotatable bonds is 12. The molecule has 0 radical (unpaired) electrons. The number of nitrogens with one attached hydrogen (secondary N) is 3. The first-order valence-electron chi connectivity index (χ1n) is 9.44. The van der Waals surface area contributed by atoms with E-state index in [1.54, 1.807) is 6.92 Å². The molecule has 0 aromatic rings. The molecule has 0 saturated heterocycles. The van der Waals surface area contributed by atoms with Gasteiger partial charge in [0.05, 0.1) is 6.04 Å². The molecule has 9 nitrogen and oxygen atoms in total. The third kappa shape index (κ3) is 8.92. The Morgan fingerprint density at radius 1 is 0.929 bits per heavy atom. The molecule has 0 fully saturated rings. The number of carboxylic acid groups (broad SMARTS) is 1. The molecule has 3 amide bonds. The van der Waals surface area contributed by atoms with Gasteiger partial charge in [0.15, 0.2) is 0 Å². The number of hydrogen-bond acceptors (Lipinski definition) is 6. The fourth-order valence-corrected chi connectivity index (χ4v) is 2.66. The van der Waals surface area contributed by atoms with E-state index in [4.69, 9.17) is 10.8 Å². The van der Waals surface area contributed by atoms with Crippen LogP contribution in [0.3, 0.4) is 0 Å². The summed E-state index contributed by atoms with van der Waals surface area (Å²) in [4.78, 5) is 48.5. The van der Waals surface area contributed by atoms with Crippen molar-refractivity contribution in [2.75, 3.05) is 5.75 Å². The Kier molecular flexibility index (Phi) is 11.8. The molecule has 0 aromatic heterocycles. The summed E-state index contributed by atoms with van der Waals surface area (Å²) in [7, 11) is 0. The van der Waals surface area contributed by atoms with E-state index in [1.807, 2.05) is 20.8 Å². The lowest BCUT2D eigenvalue weighted by atomic mass is 9.96. The zero-order chi connectivity index (χ0) is 22.0. The Balaban J connectivity index is 5.40. The molecule has 0 bridgehead atoms. The van der Waals surface area contributed by atoms with Gasteiger partial charge in [0.2, 0.25) is 17.7 Å². The van der Waals surface area contributed by atoms with E-state index in [2.05, 4.69) is 28.6 Å². The standard InChI is InChI=1S/C18H34N4O5S/c1-6-10(4)14(17(25)21-13(8-28)18(26)27)22-16(24)12(7-9(2)3)20-15(23)11(5)19/h9-14,28H,6-8,19H2,1-5H3,(H,20,23)(H,21,25)(H,22,24)(H,26,27). The second kappa shape index (κ2) is 12.6. The third-order valence-corrected chi connectivity index (χ3v) is 4.71. The van der Waals surface area contributed by atoms with Crippen molar-refractivity contribution in [3.8, 4) is 0 Å². The lowest BCUT2D eigenvalue weighted by Crippen LogP contribution is -2.58. The van der Waals surface area contributed by atoms with Crippen LogP contribution >= 0.6 is 12.6 Å². The largest absolute Gasteiger partial charge is 0.480 e. The predicted molar refractivity (Wildman–Crippen MR) is 110 cm³/mol. The maximum atomic E-state index is 12.8. The molecule has 0 rings (SSSR count). The van der Waals surface area contributed by atoms with Crippen LogP contribution in [0.25, 0.3) is 0 Å². The summed E-state index contributed by atoms with van der Waals surface area (Å²) in [6.07, 6.45) is 0.950. The van der Waals surface area contributed by atoms with Gasteiger partial charge in [-0.15, -0.1) is 0 Å². The van der Waals surface area contributed by atoms with Crippen LogP contribution in [0.15, 0.2) is 0 Å². The molecule has 10 heteroatoms. The smallest absolute Gasteiger partial charge is 0.327 e. The minimum Gasteiger partial charge on any atom is -0.480 e. The van der Waals surface area contributed by atoms with Crippen LogP contribution in [0.1, 0.15) is 47.5 Å². The maximum absolute atomic E-state index is 12.8. The Bertz CT molecular complexity index is 556. The highest BCUT2D eigenvalue weighted by atomic mass is 32.1. The highest BCUT2D eigenvalue weighted by molar-refractivity contribution is 7.80. The van der Waals surface area contributed by atoms with Gasteiger partial charge in [-0.05, 0) is 25.2 Å². The van der Waals surface area contributed by atoms with Gasteiger partial charge >= 0.3 is 5.97 Å². The van der Waals surface area contributed by atoms with Crippen LogP contribution in [0.2, 0.25) is 0 Å². The van der Waals surface area contributed by atoms with Gasteiger partial charge in [0, 0.05) is 5.75 Å². The summed E-state index contributed by atoms with van der Waals surface area (Å²) in [5, 5.41) is 16.8. The van der Waals surface area contributed by atoms with Gasteiger partial charge in [-0.25, -0.2) is 4.79 Å². The average Bonchev–Trinajstić information content (AvgIpc) is 2.61. The van der Waals surface area contributed by atoms with Crippen molar-refractivity contribution in [2.45, 2.75) is 71.6 Å². The van der Waals surface area contributed by atoms with Crippen molar-refractivity contribution >= 4 is 36.3 Å². The lowest BCUT2D eigenvalue weighted by molar-refractivity contribution is -0.142. The summed E-state index contributed by atoms with van der Waals surface area (Å²) in [6, 6.07) is -3.73. The van der Waals surface area contributed by atoms with Crippen LogP contribution in [0.4, 0.5) is 0 Å². The van der Waals surface area contributed by atoms with Crippen LogP contribution in [-0.2, 0) is 19.2 Å². The molecule has 0 heterocycles. The van der Waals surface area contributed by atoms with Gasteiger partial charge in [0.25, 0.3) is 0 Å². The molecule has 0 aliphatic carbocycles. The predicted octanol–water partition coefficient (Wildman–Crippen LogP) is -0.105. The number of carbonyl (C=O) groups excluding carboxylic acids is 3. The molecule has 5 atom stereocenters. The zero-order valence-corrected chi connectivity index (χ0v) is 18.1. The van der Waals surface area contributed by atoms with E-state index in [-0.39, 0.29) is 17.6 Å². The van der Waals surface area contributed by atoms with Crippen LogP contribution in [0, 0.1) is 11.8 Å². The molecule has 162 valence electrons. The number of thiol groups is 1. The van der Waals surface area contributed by atoms with Gasteiger partial charge in [-0.1, -0.05) is 34.1 Å². The highest BCUT2D eigenvalue weighted by Crippen LogP contribution is 2.11. The Morgan fingerprint density at radius 2 is 1.46 bits per heavy atom.